The number of benzene rings is 2. The van der Waals surface area contributed by atoms with Crippen LogP contribution < -0.4 is 10.1 Å². The third kappa shape index (κ3) is 4.90. The lowest BCUT2D eigenvalue weighted by atomic mass is 10.0. The maximum atomic E-state index is 12.3. The summed E-state index contributed by atoms with van der Waals surface area (Å²) >= 11 is 0. The molecule has 0 radical (unpaired) electrons. The highest BCUT2D eigenvalue weighted by atomic mass is 19.4. The zero-order valence-electron chi connectivity index (χ0n) is 13.4. The summed E-state index contributed by atoms with van der Waals surface area (Å²) in [6, 6.07) is 5.73. The summed E-state index contributed by atoms with van der Waals surface area (Å²) in [6.07, 6.45) is -4.87. The number of halogens is 3. The van der Waals surface area contributed by atoms with E-state index in [9.17, 15) is 38.2 Å². The van der Waals surface area contributed by atoms with Crippen molar-refractivity contribution in [1.82, 2.24) is 0 Å². The smallest absolute Gasteiger partial charge is 0.406 e. The molecule has 142 valence electrons. The molecule has 9 nitrogen and oxygen atoms in total. The average Bonchev–Trinajstić information content (AvgIpc) is 2.54. The predicted octanol–water partition coefficient (Wildman–Crippen LogP) is 3.96. The SMILES string of the molecule is Cc1c(C(=O)Nc2ccc(OC(F)(F)F)cc2)cc([N+](=O)[O-])cc1[N+](=O)[O-]. The molecule has 1 N–H and O–H groups in total. The van der Waals surface area contributed by atoms with Crippen LogP contribution in [0.3, 0.4) is 0 Å². The number of nitro groups is 2. The number of non-ortho nitro benzene ring substituents is 1. The molecule has 0 aliphatic carbocycles. The highest BCUT2D eigenvalue weighted by Gasteiger charge is 2.31. The minimum absolute atomic E-state index is 0.0584. The quantitative estimate of drug-likeness (QED) is 0.613. The highest BCUT2D eigenvalue weighted by Crippen LogP contribution is 2.29. The van der Waals surface area contributed by atoms with Crippen molar-refractivity contribution in [2.75, 3.05) is 5.32 Å². The minimum Gasteiger partial charge on any atom is -0.406 e. The number of nitro benzene ring substituents is 2. The first-order chi connectivity index (χ1) is 12.5. The van der Waals surface area contributed by atoms with Gasteiger partial charge in [0.05, 0.1) is 21.5 Å². The molecule has 0 saturated carbocycles. The Bertz CT molecular complexity index is 912. The molecule has 2 aromatic carbocycles. The Hall–Kier alpha value is -3.70. The number of nitrogens with zero attached hydrogens (tertiary/aromatic N) is 2. The summed E-state index contributed by atoms with van der Waals surface area (Å²) in [5.74, 6) is -1.41. The topological polar surface area (TPSA) is 125 Å². The van der Waals surface area contributed by atoms with Gasteiger partial charge in [-0.3, -0.25) is 25.0 Å². The first-order valence-corrected chi connectivity index (χ1v) is 7.08. The van der Waals surface area contributed by atoms with Crippen molar-refractivity contribution in [2.24, 2.45) is 0 Å². The van der Waals surface area contributed by atoms with E-state index in [2.05, 4.69) is 10.1 Å². The summed E-state index contributed by atoms with van der Waals surface area (Å²) in [7, 11) is 0. The van der Waals surface area contributed by atoms with E-state index in [-0.39, 0.29) is 16.8 Å². The van der Waals surface area contributed by atoms with Gasteiger partial charge in [-0.2, -0.15) is 0 Å². The van der Waals surface area contributed by atoms with Crippen LogP contribution in [0.5, 0.6) is 5.75 Å². The monoisotopic (exact) mass is 385 g/mol. The number of carbonyl (C=O) groups is 1. The van der Waals surface area contributed by atoms with E-state index in [4.69, 9.17) is 0 Å². The van der Waals surface area contributed by atoms with Crippen LogP contribution >= 0.6 is 0 Å². The maximum absolute atomic E-state index is 12.3. The Morgan fingerprint density at radius 3 is 2.15 bits per heavy atom. The number of anilines is 1. The fraction of sp³-hybridized carbons (Fsp3) is 0.133. The van der Waals surface area contributed by atoms with Crippen LogP contribution in [0.15, 0.2) is 36.4 Å². The van der Waals surface area contributed by atoms with Gasteiger partial charge in [0.15, 0.2) is 0 Å². The Balaban J connectivity index is 2.30. The van der Waals surface area contributed by atoms with E-state index in [1.165, 1.54) is 6.92 Å². The van der Waals surface area contributed by atoms with E-state index in [0.717, 1.165) is 36.4 Å². The van der Waals surface area contributed by atoms with Gasteiger partial charge in [0.2, 0.25) is 0 Å². The molecule has 0 aliphatic heterocycles. The fourth-order valence-electron chi connectivity index (χ4n) is 2.15. The Morgan fingerprint density at radius 2 is 1.67 bits per heavy atom. The lowest BCUT2D eigenvalue weighted by molar-refractivity contribution is -0.394. The second-order valence-electron chi connectivity index (χ2n) is 5.18. The standard InChI is InChI=1S/C15H10F3N3O6/c1-8-12(6-10(20(23)24)7-13(8)21(25)26)14(22)19-9-2-4-11(5-3-9)27-15(16,17)18/h2-7H,1H3,(H,19,22). The summed E-state index contributed by atoms with van der Waals surface area (Å²) in [4.78, 5) is 32.5. The van der Waals surface area contributed by atoms with Crippen molar-refractivity contribution >= 4 is 23.0 Å². The molecule has 0 aromatic heterocycles. The molecule has 27 heavy (non-hydrogen) atoms. The van der Waals surface area contributed by atoms with Crippen molar-refractivity contribution in [3.63, 3.8) is 0 Å². The van der Waals surface area contributed by atoms with Crippen LogP contribution in [-0.2, 0) is 0 Å². The Kier molecular flexibility index (Phi) is 5.28. The van der Waals surface area contributed by atoms with Crippen molar-refractivity contribution in [3.05, 3.63) is 67.8 Å². The van der Waals surface area contributed by atoms with Crippen LogP contribution in [0.2, 0.25) is 0 Å². The molecule has 0 saturated heterocycles. The van der Waals surface area contributed by atoms with Gasteiger partial charge in [0, 0.05) is 17.3 Å². The number of ether oxygens (including phenoxy) is 1. The van der Waals surface area contributed by atoms with Crippen LogP contribution in [-0.4, -0.2) is 22.1 Å². The molecular weight excluding hydrogens is 375 g/mol. The van der Waals surface area contributed by atoms with Gasteiger partial charge in [0.1, 0.15) is 5.75 Å². The Labute approximate surface area is 148 Å². The lowest BCUT2D eigenvalue weighted by Crippen LogP contribution is -2.17. The number of alkyl halides is 3. The van der Waals surface area contributed by atoms with Crippen LogP contribution in [0.25, 0.3) is 0 Å². The molecule has 0 unspecified atom stereocenters. The van der Waals surface area contributed by atoms with Crippen molar-refractivity contribution in [3.8, 4) is 5.75 Å². The maximum Gasteiger partial charge on any atom is 0.573 e. The van der Waals surface area contributed by atoms with Gasteiger partial charge in [0.25, 0.3) is 17.3 Å². The normalized spacial score (nSPS) is 11.0. The second-order valence-corrected chi connectivity index (χ2v) is 5.18. The van der Waals surface area contributed by atoms with E-state index in [1.54, 1.807) is 0 Å². The highest BCUT2D eigenvalue weighted by molar-refractivity contribution is 6.06. The predicted molar refractivity (Wildman–Crippen MR) is 85.6 cm³/mol. The first kappa shape index (κ1) is 19.6. The van der Waals surface area contributed by atoms with Crippen LogP contribution in [0.4, 0.5) is 30.2 Å². The molecule has 0 aliphatic rings. The number of hydrogen-bond donors (Lipinski definition) is 1. The molecule has 0 heterocycles. The summed E-state index contributed by atoms with van der Waals surface area (Å²) in [5, 5.41) is 24.2. The van der Waals surface area contributed by atoms with Gasteiger partial charge in [-0.15, -0.1) is 13.2 Å². The number of carbonyl (C=O) groups excluding carboxylic acids is 1. The summed E-state index contributed by atoms with van der Waals surface area (Å²) in [6.45, 7) is 1.25. The number of nitrogens with one attached hydrogen (secondary N) is 1. The van der Waals surface area contributed by atoms with Gasteiger partial charge in [-0.25, -0.2) is 0 Å². The minimum atomic E-state index is -4.87. The average molecular weight is 385 g/mol. The third-order valence-electron chi connectivity index (χ3n) is 3.36. The van der Waals surface area contributed by atoms with E-state index in [0.29, 0.717) is 0 Å². The molecule has 12 heteroatoms. The van der Waals surface area contributed by atoms with Crippen LogP contribution in [0.1, 0.15) is 15.9 Å². The van der Waals surface area contributed by atoms with Crippen molar-refractivity contribution in [2.45, 2.75) is 13.3 Å². The first-order valence-electron chi connectivity index (χ1n) is 7.08. The van der Waals surface area contributed by atoms with Gasteiger partial charge < -0.3 is 10.1 Å². The zero-order valence-corrected chi connectivity index (χ0v) is 13.4. The van der Waals surface area contributed by atoms with Gasteiger partial charge in [-0.05, 0) is 31.2 Å². The number of amides is 1. The van der Waals surface area contributed by atoms with E-state index < -0.39 is 39.2 Å². The van der Waals surface area contributed by atoms with Gasteiger partial charge >= 0.3 is 6.36 Å². The van der Waals surface area contributed by atoms with Crippen molar-refractivity contribution in [1.29, 1.82) is 0 Å². The fourth-order valence-corrected chi connectivity index (χ4v) is 2.15. The number of rotatable bonds is 5. The third-order valence-corrected chi connectivity index (χ3v) is 3.36. The van der Waals surface area contributed by atoms with Crippen molar-refractivity contribution < 1.29 is 32.5 Å². The zero-order chi connectivity index (χ0) is 20.4. The molecule has 0 bridgehead atoms. The molecule has 0 fully saturated rings. The van der Waals surface area contributed by atoms with Gasteiger partial charge in [-0.1, -0.05) is 0 Å². The van der Waals surface area contributed by atoms with Crippen LogP contribution in [0, 0.1) is 27.2 Å². The molecule has 0 atom stereocenters. The largest absolute Gasteiger partial charge is 0.573 e. The second kappa shape index (κ2) is 7.27. The number of hydrogen-bond acceptors (Lipinski definition) is 6. The van der Waals surface area contributed by atoms with E-state index in [1.807, 2.05) is 0 Å². The van der Waals surface area contributed by atoms with E-state index >= 15 is 0 Å². The molecule has 2 aromatic rings. The molecule has 0 spiro atoms. The summed E-state index contributed by atoms with van der Waals surface area (Å²) in [5.41, 5.74) is -1.61. The Morgan fingerprint density at radius 1 is 1.07 bits per heavy atom. The summed E-state index contributed by atoms with van der Waals surface area (Å²) < 4.78 is 40.1. The molecule has 1 amide bonds. The molecular formula is C15H10F3N3O6. The molecule has 2 rings (SSSR count). The lowest BCUT2D eigenvalue weighted by Gasteiger charge is -2.11.